The van der Waals surface area contributed by atoms with Gasteiger partial charge in [0.15, 0.2) is 5.96 Å². The second kappa shape index (κ2) is 32.3. The molecule has 0 radical (unpaired) electrons. The number of hydrogen-bond acceptors (Lipinski definition) is 14. The molecule has 0 unspecified atom stereocenters. The molecule has 1 rings (SSSR count). The fraction of sp³-hybridized carbons (Fsp3) is 0.727. The third kappa shape index (κ3) is 22.8. The number of aliphatic imine (C=N–C) groups is 1. The Bertz CT molecular complexity index is 1880. The summed E-state index contributed by atoms with van der Waals surface area (Å²) >= 11 is 0. The van der Waals surface area contributed by atoms with E-state index in [1.165, 1.54) is 11.8 Å². The molecular formula is C44H78N14O13. The van der Waals surface area contributed by atoms with E-state index in [0.717, 1.165) is 0 Å². The maximum absolute atomic E-state index is 14.0. The molecule has 1 saturated heterocycles. The van der Waals surface area contributed by atoms with Crippen molar-refractivity contribution in [3.8, 4) is 0 Å². The van der Waals surface area contributed by atoms with E-state index in [0.29, 0.717) is 38.6 Å². The minimum absolute atomic E-state index is 0.0554. The highest BCUT2D eigenvalue weighted by molar-refractivity contribution is 5.98. The monoisotopic (exact) mass is 1010 g/mol. The third-order valence-electron chi connectivity index (χ3n) is 11.5. The number of aliphatic hydroxyl groups is 1. The summed E-state index contributed by atoms with van der Waals surface area (Å²) in [5.74, 6) is -10.4. The van der Waals surface area contributed by atoms with Gasteiger partial charge in [0.2, 0.25) is 59.1 Å². The molecule has 0 spiro atoms. The van der Waals surface area contributed by atoms with E-state index in [1.807, 2.05) is 0 Å². The van der Waals surface area contributed by atoms with Gasteiger partial charge in [-0.2, -0.15) is 0 Å². The van der Waals surface area contributed by atoms with Crippen molar-refractivity contribution in [2.75, 3.05) is 45.9 Å². The summed E-state index contributed by atoms with van der Waals surface area (Å²) in [6, 6.07) is -8.54. The first-order valence-electron chi connectivity index (χ1n) is 23.9. The lowest BCUT2D eigenvalue weighted by molar-refractivity contribution is -0.141. The van der Waals surface area contributed by atoms with Crippen LogP contribution in [0, 0.1) is 17.8 Å². The first-order chi connectivity index (χ1) is 33.4. The average molecular weight is 1010 g/mol. The minimum atomic E-state index is -1.53. The highest BCUT2D eigenvalue weighted by Gasteiger charge is 2.37. The van der Waals surface area contributed by atoms with Gasteiger partial charge >= 0.3 is 5.97 Å². The van der Waals surface area contributed by atoms with Gasteiger partial charge in [-0.05, 0) is 69.2 Å². The number of guanidine groups is 1. The predicted molar refractivity (Wildman–Crippen MR) is 258 cm³/mol. The molecule has 0 saturated carbocycles. The zero-order valence-corrected chi connectivity index (χ0v) is 41.9. The van der Waals surface area contributed by atoms with Crippen LogP contribution in [0.1, 0.15) is 99.8 Å². The summed E-state index contributed by atoms with van der Waals surface area (Å²) in [5, 5.41) is 41.4. The summed E-state index contributed by atoms with van der Waals surface area (Å²) in [5.41, 5.74) is 16.5. The molecule has 0 aromatic heterocycles. The molecule has 10 amide bonds. The topological polar surface area (TPSA) is 430 Å². The zero-order valence-electron chi connectivity index (χ0n) is 41.9. The molecular weight excluding hydrogens is 933 g/mol. The number of amides is 10. The van der Waals surface area contributed by atoms with Crippen molar-refractivity contribution in [3.63, 3.8) is 0 Å². The van der Waals surface area contributed by atoms with Crippen molar-refractivity contribution in [2.45, 2.75) is 142 Å². The molecule has 8 atom stereocenters. The molecule has 27 nitrogen and oxygen atoms in total. The molecule has 1 aliphatic rings. The number of likely N-dealkylation sites (tertiary alicyclic amines) is 1. The first kappa shape index (κ1) is 62.4. The first-order valence-corrected chi connectivity index (χ1v) is 23.9. The molecule has 0 aromatic rings. The summed E-state index contributed by atoms with van der Waals surface area (Å²) in [6.07, 6.45) is 2.52. The van der Waals surface area contributed by atoms with E-state index >= 15 is 0 Å². The molecule has 0 bridgehead atoms. The van der Waals surface area contributed by atoms with Crippen LogP contribution >= 0.6 is 0 Å². The number of carboxylic acid groups (broad SMARTS) is 1. The molecule has 1 aliphatic heterocycles. The molecule has 0 aliphatic carbocycles. The van der Waals surface area contributed by atoms with Crippen LogP contribution < -0.4 is 65.1 Å². The van der Waals surface area contributed by atoms with Crippen LogP contribution in [-0.2, 0) is 52.7 Å². The largest absolute Gasteiger partial charge is 0.480 e. The number of unbranched alkanes of at least 4 members (excludes halogenated alkanes) is 1. The smallest absolute Gasteiger partial charge is 0.322 e. The Kier molecular flexibility index (Phi) is 28.4. The van der Waals surface area contributed by atoms with Crippen LogP contribution in [0.4, 0.5) is 0 Å². The van der Waals surface area contributed by atoms with Crippen LogP contribution in [0.3, 0.4) is 0 Å². The predicted octanol–water partition coefficient (Wildman–Crippen LogP) is -5.13. The van der Waals surface area contributed by atoms with Crippen molar-refractivity contribution in [2.24, 2.45) is 39.9 Å². The van der Waals surface area contributed by atoms with Gasteiger partial charge in [0, 0.05) is 20.0 Å². The Morgan fingerprint density at radius 2 is 1.18 bits per heavy atom. The van der Waals surface area contributed by atoms with Crippen molar-refractivity contribution < 1.29 is 63.0 Å². The number of carbonyl (C=O) groups excluding carboxylic acids is 10. The maximum Gasteiger partial charge on any atom is 0.322 e. The van der Waals surface area contributed by atoms with Gasteiger partial charge in [0.25, 0.3) is 0 Å². The van der Waals surface area contributed by atoms with Crippen LogP contribution in [-0.4, -0.2) is 174 Å². The van der Waals surface area contributed by atoms with E-state index in [1.54, 1.807) is 41.5 Å². The number of rotatable bonds is 32. The number of nitrogens with one attached hydrogen (secondary N) is 9. The number of carboxylic acids is 1. The summed E-state index contributed by atoms with van der Waals surface area (Å²) in [6.45, 7) is 9.12. The number of nitrogens with two attached hydrogens (primary N) is 3. The van der Waals surface area contributed by atoms with Crippen LogP contribution in [0.5, 0.6) is 0 Å². The van der Waals surface area contributed by atoms with Crippen molar-refractivity contribution in [3.05, 3.63) is 0 Å². The maximum atomic E-state index is 14.0. The molecule has 0 aromatic carbocycles. The normalized spacial score (nSPS) is 16.1. The van der Waals surface area contributed by atoms with E-state index in [2.05, 4.69) is 52.8 Å². The molecule has 1 fully saturated rings. The van der Waals surface area contributed by atoms with Crippen LogP contribution in [0.25, 0.3) is 0 Å². The summed E-state index contributed by atoms with van der Waals surface area (Å²) < 4.78 is 0. The number of nitrogens with zero attached hydrogens (tertiary/aromatic N) is 2. The standard InChI is InChI=1S/C44H78N14O13/c1-8-25(6)36(57-39(67)29(22-59)54-37(65)27(52-26(7)60)13-9-10-16-45)43(71)53-28(14-11-17-48-44(46)47)38(66)56-35(24(4)5)42(70)49-19-31(61)55-34(23(2)3)41(69)50-20-32(62)58-18-12-15-30(58)40(68)51-21-33(63)64/h23-25,27-30,34-36,59H,8-22,45H2,1-7H3,(H,49,70)(H,50,69)(H,51,68)(H,52,60)(H,53,71)(H,54,65)(H,55,61)(H,56,66)(H,57,67)(H,63,64)(H4,46,47,48)/t25-,27-,28-,29-,30-,34-,35-,36-/m0/s1. The Balaban J connectivity index is 3.13. The SMILES string of the molecule is CC[C@H](C)[C@H](NC(=O)[C@H](CO)NC(=O)[C@H](CCCCN)NC(C)=O)C(=O)N[C@@H](CCCN=C(N)N)C(=O)N[C@H](C(=O)NCC(=O)N[C@H](C(=O)NCC(=O)N1CCC[C@H]1C(=O)NCC(=O)O)C(C)C)C(C)C. The summed E-state index contributed by atoms with van der Waals surface area (Å²) in [7, 11) is 0. The average Bonchev–Trinajstić information content (AvgIpc) is 3.81. The van der Waals surface area contributed by atoms with Gasteiger partial charge in [-0.15, -0.1) is 0 Å². The van der Waals surface area contributed by atoms with E-state index < -0.39 is 151 Å². The van der Waals surface area contributed by atoms with Gasteiger partial charge in [-0.1, -0.05) is 48.0 Å². The quantitative estimate of drug-likeness (QED) is 0.0170. The Hall–Kier alpha value is -6.64. The van der Waals surface area contributed by atoms with Crippen LogP contribution in [0.2, 0.25) is 0 Å². The van der Waals surface area contributed by atoms with Crippen molar-refractivity contribution in [1.82, 2.24) is 52.8 Å². The molecule has 17 N–H and O–H groups in total. The van der Waals surface area contributed by atoms with E-state index in [9.17, 15) is 57.8 Å². The van der Waals surface area contributed by atoms with Gasteiger partial charge < -0.3 is 80.2 Å². The number of carbonyl (C=O) groups is 11. The number of hydrogen-bond donors (Lipinski definition) is 14. The summed E-state index contributed by atoms with van der Waals surface area (Å²) in [4.78, 5) is 148. The number of aliphatic carboxylic acids is 1. The lowest BCUT2D eigenvalue weighted by Crippen LogP contribution is -2.61. The lowest BCUT2D eigenvalue weighted by atomic mass is 9.96. The van der Waals surface area contributed by atoms with Crippen molar-refractivity contribution >= 4 is 71.0 Å². The lowest BCUT2D eigenvalue weighted by Gasteiger charge is -2.29. The Morgan fingerprint density at radius 3 is 1.73 bits per heavy atom. The zero-order chi connectivity index (χ0) is 54.0. The Morgan fingerprint density at radius 1 is 0.648 bits per heavy atom. The second-order valence-electron chi connectivity index (χ2n) is 18.0. The third-order valence-corrected chi connectivity index (χ3v) is 11.5. The minimum Gasteiger partial charge on any atom is -0.480 e. The second-order valence-corrected chi connectivity index (χ2v) is 18.0. The van der Waals surface area contributed by atoms with Gasteiger partial charge in [-0.25, -0.2) is 0 Å². The fourth-order valence-electron chi connectivity index (χ4n) is 7.28. The molecule has 71 heavy (non-hydrogen) atoms. The van der Waals surface area contributed by atoms with E-state index in [-0.39, 0.29) is 38.3 Å². The van der Waals surface area contributed by atoms with Gasteiger partial charge in [0.1, 0.15) is 48.8 Å². The number of aliphatic hydroxyl groups excluding tert-OH is 1. The molecule has 1 heterocycles. The highest BCUT2D eigenvalue weighted by Crippen LogP contribution is 2.18. The molecule has 27 heteroatoms. The van der Waals surface area contributed by atoms with Gasteiger partial charge in [0.05, 0.1) is 19.7 Å². The highest BCUT2D eigenvalue weighted by atomic mass is 16.4. The van der Waals surface area contributed by atoms with Crippen molar-refractivity contribution in [1.29, 1.82) is 0 Å². The fourth-order valence-corrected chi connectivity index (χ4v) is 7.28. The van der Waals surface area contributed by atoms with Gasteiger partial charge in [-0.3, -0.25) is 57.7 Å². The molecule has 402 valence electrons. The van der Waals surface area contributed by atoms with Crippen LogP contribution in [0.15, 0.2) is 4.99 Å². The van der Waals surface area contributed by atoms with E-state index in [4.69, 9.17) is 22.3 Å². The Labute approximate surface area is 413 Å².